The molecule has 1 aromatic carbocycles. The van der Waals surface area contributed by atoms with Gasteiger partial charge in [0.25, 0.3) is 5.91 Å². The van der Waals surface area contributed by atoms with Crippen LogP contribution in [0, 0.1) is 5.92 Å². The Labute approximate surface area is 120 Å². The molecule has 1 aromatic rings. The van der Waals surface area contributed by atoms with E-state index in [0.717, 1.165) is 42.1 Å². The van der Waals surface area contributed by atoms with Crippen molar-refractivity contribution in [2.45, 2.75) is 38.0 Å². The molecule has 1 aliphatic rings. The molecule has 0 aromatic heterocycles. The zero-order chi connectivity index (χ0) is 13.7. The Balaban J connectivity index is 2.13. The normalized spacial score (nSPS) is 19.5. The predicted molar refractivity (Wildman–Crippen MR) is 81.8 cm³/mol. The molecule has 3 heteroatoms. The summed E-state index contributed by atoms with van der Waals surface area (Å²) in [5.41, 5.74) is 0.884. The summed E-state index contributed by atoms with van der Waals surface area (Å²) in [5.74, 6) is 1.92. The van der Waals surface area contributed by atoms with Crippen LogP contribution in [0.4, 0.5) is 0 Å². The van der Waals surface area contributed by atoms with E-state index in [9.17, 15) is 4.79 Å². The third-order valence-corrected chi connectivity index (χ3v) is 4.80. The van der Waals surface area contributed by atoms with E-state index in [0.29, 0.717) is 5.92 Å². The molecule has 0 aliphatic carbocycles. The van der Waals surface area contributed by atoms with E-state index in [1.165, 1.54) is 6.42 Å². The third-order valence-electron chi connectivity index (χ3n) is 3.52. The predicted octanol–water partition coefficient (Wildman–Crippen LogP) is 4.06. The van der Waals surface area contributed by atoms with Gasteiger partial charge >= 0.3 is 0 Å². The van der Waals surface area contributed by atoms with Crippen LogP contribution < -0.4 is 0 Å². The maximum Gasteiger partial charge on any atom is 0.254 e. The number of carbonyl (C=O) groups excluding carboxylic acids is 1. The van der Waals surface area contributed by atoms with Gasteiger partial charge in [-0.05, 0) is 43.1 Å². The minimum atomic E-state index is 0.214. The van der Waals surface area contributed by atoms with Gasteiger partial charge in [0.2, 0.25) is 0 Å². The molecule has 0 bridgehead atoms. The second-order valence-electron chi connectivity index (χ2n) is 5.34. The molecule has 1 heterocycles. The Hall–Kier alpha value is -0.960. The van der Waals surface area contributed by atoms with Gasteiger partial charge < -0.3 is 4.90 Å². The maximum absolute atomic E-state index is 12.6. The molecule has 2 rings (SSSR count). The lowest BCUT2D eigenvalue weighted by molar-refractivity contribution is 0.0679. The molecule has 1 fully saturated rings. The van der Waals surface area contributed by atoms with Crippen molar-refractivity contribution in [3.8, 4) is 0 Å². The molecule has 0 unspecified atom stereocenters. The lowest BCUT2D eigenvalue weighted by atomic mass is 9.99. The van der Waals surface area contributed by atoms with Crippen molar-refractivity contribution < 1.29 is 4.79 Å². The van der Waals surface area contributed by atoms with Crippen molar-refractivity contribution in [2.24, 2.45) is 5.92 Å². The Kier molecular flexibility index (Phi) is 5.32. The zero-order valence-corrected chi connectivity index (χ0v) is 12.7. The summed E-state index contributed by atoms with van der Waals surface area (Å²) in [7, 11) is 0. The van der Waals surface area contributed by atoms with E-state index in [1.54, 1.807) is 11.8 Å². The van der Waals surface area contributed by atoms with E-state index in [4.69, 9.17) is 0 Å². The summed E-state index contributed by atoms with van der Waals surface area (Å²) in [5, 5.41) is 0. The third kappa shape index (κ3) is 3.75. The molecule has 1 atom stereocenters. The van der Waals surface area contributed by atoms with Crippen LogP contribution in [0.15, 0.2) is 29.2 Å². The van der Waals surface area contributed by atoms with E-state index < -0.39 is 0 Å². The summed E-state index contributed by atoms with van der Waals surface area (Å²) >= 11 is 1.79. The Morgan fingerprint density at radius 2 is 2.21 bits per heavy atom. The lowest BCUT2D eigenvalue weighted by Crippen LogP contribution is -2.39. The van der Waals surface area contributed by atoms with E-state index in [-0.39, 0.29) is 5.91 Å². The summed E-state index contributed by atoms with van der Waals surface area (Å²) in [6.07, 6.45) is 3.52. The van der Waals surface area contributed by atoms with Gasteiger partial charge in [0, 0.05) is 18.0 Å². The molecule has 1 saturated heterocycles. The van der Waals surface area contributed by atoms with Crippen LogP contribution in [0.2, 0.25) is 0 Å². The first-order valence-electron chi connectivity index (χ1n) is 7.23. The fourth-order valence-electron chi connectivity index (χ4n) is 2.53. The molecular weight excluding hydrogens is 254 g/mol. The van der Waals surface area contributed by atoms with Crippen LogP contribution in [-0.4, -0.2) is 29.6 Å². The first kappa shape index (κ1) is 14.4. The van der Waals surface area contributed by atoms with Crippen LogP contribution in [0.5, 0.6) is 0 Å². The van der Waals surface area contributed by atoms with Gasteiger partial charge in [-0.25, -0.2) is 0 Å². The minimum Gasteiger partial charge on any atom is -0.338 e. The smallest absolute Gasteiger partial charge is 0.254 e. The second-order valence-corrected chi connectivity index (χ2v) is 6.48. The number of amides is 1. The number of benzene rings is 1. The van der Waals surface area contributed by atoms with Crippen LogP contribution in [0.3, 0.4) is 0 Å². The van der Waals surface area contributed by atoms with E-state index >= 15 is 0 Å². The molecule has 0 saturated carbocycles. The average molecular weight is 277 g/mol. The number of rotatable bonds is 4. The van der Waals surface area contributed by atoms with Crippen LogP contribution in [0.25, 0.3) is 0 Å². The van der Waals surface area contributed by atoms with Gasteiger partial charge in [0.05, 0.1) is 5.56 Å². The standard InChI is InChI=1S/C16H23NOS/c1-3-11-19-15-9-5-4-8-14(15)16(18)17-10-6-7-13(2)12-17/h4-5,8-9,13H,3,6-7,10-12H2,1-2H3/t13-/m0/s1. The molecule has 2 nitrogen and oxygen atoms in total. The summed E-state index contributed by atoms with van der Waals surface area (Å²) < 4.78 is 0. The quantitative estimate of drug-likeness (QED) is 0.774. The molecule has 0 spiro atoms. The van der Waals surface area contributed by atoms with Gasteiger partial charge in [-0.15, -0.1) is 11.8 Å². The van der Waals surface area contributed by atoms with E-state index in [2.05, 4.69) is 19.9 Å². The number of piperidine rings is 1. The van der Waals surface area contributed by atoms with E-state index in [1.807, 2.05) is 23.1 Å². The average Bonchev–Trinajstić information content (AvgIpc) is 2.44. The van der Waals surface area contributed by atoms with Gasteiger partial charge in [0.1, 0.15) is 0 Å². The number of carbonyl (C=O) groups is 1. The highest BCUT2D eigenvalue weighted by atomic mass is 32.2. The molecule has 19 heavy (non-hydrogen) atoms. The Morgan fingerprint density at radius 1 is 1.42 bits per heavy atom. The largest absolute Gasteiger partial charge is 0.338 e. The van der Waals surface area contributed by atoms with Crippen molar-refractivity contribution in [1.29, 1.82) is 0 Å². The van der Waals surface area contributed by atoms with Gasteiger partial charge in [-0.1, -0.05) is 26.0 Å². The maximum atomic E-state index is 12.6. The van der Waals surface area contributed by atoms with Crippen molar-refractivity contribution >= 4 is 17.7 Å². The number of hydrogen-bond acceptors (Lipinski definition) is 2. The fraction of sp³-hybridized carbons (Fsp3) is 0.562. The molecule has 0 N–H and O–H groups in total. The van der Waals surface area contributed by atoms with Gasteiger partial charge in [-0.2, -0.15) is 0 Å². The highest BCUT2D eigenvalue weighted by Gasteiger charge is 2.23. The van der Waals surface area contributed by atoms with Gasteiger partial charge in [0.15, 0.2) is 0 Å². The van der Waals surface area contributed by atoms with Crippen LogP contribution in [0.1, 0.15) is 43.5 Å². The van der Waals surface area contributed by atoms with Crippen molar-refractivity contribution in [3.05, 3.63) is 29.8 Å². The summed E-state index contributed by atoms with van der Waals surface area (Å²) in [4.78, 5) is 15.8. The topological polar surface area (TPSA) is 20.3 Å². The van der Waals surface area contributed by atoms with Crippen LogP contribution in [-0.2, 0) is 0 Å². The molecule has 0 radical (unpaired) electrons. The number of hydrogen-bond donors (Lipinski definition) is 0. The molecule has 1 aliphatic heterocycles. The Morgan fingerprint density at radius 3 is 2.95 bits per heavy atom. The SMILES string of the molecule is CCCSc1ccccc1C(=O)N1CCC[C@H](C)C1. The highest BCUT2D eigenvalue weighted by Crippen LogP contribution is 2.26. The van der Waals surface area contributed by atoms with Crippen LogP contribution >= 0.6 is 11.8 Å². The lowest BCUT2D eigenvalue weighted by Gasteiger charge is -2.31. The van der Waals surface area contributed by atoms with Crippen molar-refractivity contribution in [1.82, 2.24) is 4.90 Å². The molecule has 1 amide bonds. The minimum absolute atomic E-state index is 0.214. The Bertz CT molecular complexity index is 433. The number of thioether (sulfide) groups is 1. The molecule has 104 valence electrons. The first-order valence-corrected chi connectivity index (χ1v) is 8.22. The van der Waals surface area contributed by atoms with Crippen molar-refractivity contribution in [2.75, 3.05) is 18.8 Å². The molecular formula is C16H23NOS. The van der Waals surface area contributed by atoms with Gasteiger partial charge in [-0.3, -0.25) is 4.79 Å². The zero-order valence-electron chi connectivity index (χ0n) is 11.9. The fourth-order valence-corrected chi connectivity index (χ4v) is 3.44. The first-order chi connectivity index (χ1) is 9.22. The summed E-state index contributed by atoms with van der Waals surface area (Å²) in [6.45, 7) is 6.22. The monoisotopic (exact) mass is 277 g/mol. The summed E-state index contributed by atoms with van der Waals surface area (Å²) in [6, 6.07) is 8.03. The highest BCUT2D eigenvalue weighted by molar-refractivity contribution is 7.99. The second kappa shape index (κ2) is 6.99. The number of nitrogens with zero attached hydrogens (tertiary/aromatic N) is 1. The number of likely N-dealkylation sites (tertiary alicyclic amines) is 1. The van der Waals surface area contributed by atoms with Crippen molar-refractivity contribution in [3.63, 3.8) is 0 Å².